The highest BCUT2D eigenvalue weighted by atomic mass is 79.9. The van der Waals surface area contributed by atoms with Crippen molar-refractivity contribution >= 4 is 27.7 Å². The summed E-state index contributed by atoms with van der Waals surface area (Å²) in [5.41, 5.74) is 5.55. The van der Waals surface area contributed by atoms with Gasteiger partial charge in [-0.05, 0) is 36.2 Å². The quantitative estimate of drug-likeness (QED) is 0.885. The number of aromatic nitrogens is 2. The van der Waals surface area contributed by atoms with E-state index >= 15 is 0 Å². The molecule has 0 fully saturated rings. The second-order valence-electron chi connectivity index (χ2n) is 4.18. The Morgan fingerprint density at radius 3 is 2.80 bits per heavy atom. The van der Waals surface area contributed by atoms with Crippen LogP contribution in [0.1, 0.15) is 33.6 Å². The molecule has 0 aliphatic carbocycles. The molecule has 0 spiro atoms. The lowest BCUT2D eigenvalue weighted by molar-refractivity contribution is 0.508. The molecule has 15 heavy (non-hydrogen) atoms. The SMILES string of the molecule is CCCC(C)(C)Nc1nc(N)ncc1Br. The van der Waals surface area contributed by atoms with E-state index in [4.69, 9.17) is 5.73 Å². The second-order valence-corrected chi connectivity index (χ2v) is 5.04. The van der Waals surface area contributed by atoms with E-state index in [2.05, 4.69) is 52.0 Å². The van der Waals surface area contributed by atoms with Gasteiger partial charge in [-0.1, -0.05) is 13.3 Å². The van der Waals surface area contributed by atoms with Crippen molar-refractivity contribution < 1.29 is 0 Å². The van der Waals surface area contributed by atoms with Crippen LogP contribution in [0.25, 0.3) is 0 Å². The molecule has 0 atom stereocenters. The summed E-state index contributed by atoms with van der Waals surface area (Å²) in [4.78, 5) is 8.04. The van der Waals surface area contributed by atoms with Gasteiger partial charge < -0.3 is 11.1 Å². The maximum Gasteiger partial charge on any atom is 0.221 e. The molecule has 1 aromatic heterocycles. The minimum absolute atomic E-state index is 0.0120. The Morgan fingerprint density at radius 2 is 2.20 bits per heavy atom. The number of nitrogen functional groups attached to an aromatic ring is 1. The van der Waals surface area contributed by atoms with Gasteiger partial charge in [0.2, 0.25) is 5.95 Å². The maximum atomic E-state index is 5.54. The van der Waals surface area contributed by atoms with Crippen molar-refractivity contribution in [1.29, 1.82) is 0 Å². The number of rotatable bonds is 4. The molecule has 1 heterocycles. The van der Waals surface area contributed by atoms with Gasteiger partial charge in [0.25, 0.3) is 0 Å². The molecule has 4 nitrogen and oxygen atoms in total. The average Bonchev–Trinajstić information content (AvgIpc) is 2.10. The fraction of sp³-hybridized carbons (Fsp3) is 0.600. The molecule has 0 aromatic carbocycles. The van der Waals surface area contributed by atoms with E-state index in [0.717, 1.165) is 23.1 Å². The number of halogens is 1. The third-order valence-corrected chi connectivity index (χ3v) is 2.67. The van der Waals surface area contributed by atoms with Crippen LogP contribution in [-0.2, 0) is 0 Å². The number of anilines is 2. The predicted molar refractivity (Wildman–Crippen MR) is 66.8 cm³/mol. The molecule has 0 radical (unpaired) electrons. The maximum absolute atomic E-state index is 5.54. The van der Waals surface area contributed by atoms with Gasteiger partial charge in [-0.2, -0.15) is 4.98 Å². The van der Waals surface area contributed by atoms with Crippen LogP contribution in [0, 0.1) is 0 Å². The van der Waals surface area contributed by atoms with Gasteiger partial charge in [0.05, 0.1) is 4.47 Å². The van der Waals surface area contributed by atoms with Crippen LogP contribution in [0.15, 0.2) is 10.7 Å². The van der Waals surface area contributed by atoms with E-state index in [-0.39, 0.29) is 11.5 Å². The van der Waals surface area contributed by atoms with Crippen molar-refractivity contribution in [3.63, 3.8) is 0 Å². The van der Waals surface area contributed by atoms with E-state index in [1.165, 1.54) is 0 Å². The van der Waals surface area contributed by atoms with Crippen molar-refractivity contribution in [2.75, 3.05) is 11.1 Å². The molecule has 3 N–H and O–H groups in total. The lowest BCUT2D eigenvalue weighted by Crippen LogP contribution is -2.31. The summed E-state index contributed by atoms with van der Waals surface area (Å²) in [5.74, 6) is 1.04. The van der Waals surface area contributed by atoms with Crippen LogP contribution in [0.5, 0.6) is 0 Å². The molecule has 0 aliphatic heterocycles. The number of nitrogens with zero attached hydrogens (tertiary/aromatic N) is 2. The van der Waals surface area contributed by atoms with E-state index < -0.39 is 0 Å². The molecule has 1 aromatic rings. The molecule has 0 aliphatic rings. The first-order valence-corrected chi connectivity index (χ1v) is 5.80. The zero-order valence-corrected chi connectivity index (χ0v) is 10.9. The lowest BCUT2D eigenvalue weighted by atomic mass is 9.99. The summed E-state index contributed by atoms with van der Waals surface area (Å²) in [5, 5.41) is 3.35. The molecule has 84 valence electrons. The fourth-order valence-corrected chi connectivity index (χ4v) is 1.77. The Balaban J connectivity index is 2.83. The number of hydrogen-bond acceptors (Lipinski definition) is 4. The molecule has 0 bridgehead atoms. The molecule has 0 saturated heterocycles. The van der Waals surface area contributed by atoms with E-state index in [9.17, 15) is 0 Å². The number of nitrogens with two attached hydrogens (primary N) is 1. The Bertz CT molecular complexity index is 338. The average molecular weight is 273 g/mol. The van der Waals surface area contributed by atoms with Crippen molar-refractivity contribution in [3.8, 4) is 0 Å². The third kappa shape index (κ3) is 3.66. The van der Waals surface area contributed by atoms with Gasteiger partial charge in [-0.3, -0.25) is 0 Å². The fourth-order valence-electron chi connectivity index (χ4n) is 1.48. The van der Waals surface area contributed by atoms with Crippen molar-refractivity contribution in [1.82, 2.24) is 9.97 Å². The summed E-state index contributed by atoms with van der Waals surface area (Å²) >= 11 is 3.39. The van der Waals surface area contributed by atoms with Crippen molar-refractivity contribution in [2.24, 2.45) is 0 Å². The Morgan fingerprint density at radius 1 is 1.53 bits per heavy atom. The minimum atomic E-state index is 0.0120. The molecular weight excluding hydrogens is 256 g/mol. The highest BCUT2D eigenvalue weighted by Gasteiger charge is 2.18. The number of hydrogen-bond donors (Lipinski definition) is 2. The van der Waals surface area contributed by atoms with Gasteiger partial charge in [0.15, 0.2) is 0 Å². The first-order chi connectivity index (χ1) is 6.94. The summed E-state index contributed by atoms with van der Waals surface area (Å²) in [7, 11) is 0. The highest BCUT2D eigenvalue weighted by molar-refractivity contribution is 9.10. The normalized spacial score (nSPS) is 11.5. The van der Waals surface area contributed by atoms with E-state index in [1.807, 2.05) is 0 Å². The minimum Gasteiger partial charge on any atom is -0.368 e. The molecule has 0 saturated carbocycles. The van der Waals surface area contributed by atoms with Crippen LogP contribution in [0.3, 0.4) is 0 Å². The molecule has 5 heteroatoms. The predicted octanol–water partition coefficient (Wildman–Crippen LogP) is 2.81. The molecular formula is C10H17BrN4. The summed E-state index contributed by atoms with van der Waals surface area (Å²) in [6.45, 7) is 6.44. The van der Waals surface area contributed by atoms with Crippen molar-refractivity contribution in [2.45, 2.75) is 39.2 Å². The van der Waals surface area contributed by atoms with Gasteiger partial charge in [-0.15, -0.1) is 0 Å². The Labute approximate surface area is 98.8 Å². The number of nitrogens with one attached hydrogen (secondary N) is 1. The first-order valence-electron chi connectivity index (χ1n) is 5.01. The van der Waals surface area contributed by atoms with Crippen LogP contribution >= 0.6 is 15.9 Å². The Hall–Kier alpha value is -0.840. The first kappa shape index (κ1) is 12.2. The second kappa shape index (κ2) is 4.79. The van der Waals surface area contributed by atoms with Crippen LogP contribution in [0.2, 0.25) is 0 Å². The largest absolute Gasteiger partial charge is 0.368 e. The monoisotopic (exact) mass is 272 g/mol. The van der Waals surface area contributed by atoms with E-state index in [1.54, 1.807) is 6.20 Å². The van der Waals surface area contributed by atoms with E-state index in [0.29, 0.717) is 0 Å². The zero-order chi connectivity index (χ0) is 11.5. The van der Waals surface area contributed by atoms with Gasteiger partial charge in [0.1, 0.15) is 5.82 Å². The van der Waals surface area contributed by atoms with Crippen LogP contribution in [-0.4, -0.2) is 15.5 Å². The Kier molecular flexibility index (Phi) is 3.90. The van der Waals surface area contributed by atoms with Gasteiger partial charge in [-0.25, -0.2) is 4.98 Å². The van der Waals surface area contributed by atoms with Gasteiger partial charge in [0, 0.05) is 11.7 Å². The molecule has 0 amide bonds. The topological polar surface area (TPSA) is 63.8 Å². The van der Waals surface area contributed by atoms with Crippen LogP contribution < -0.4 is 11.1 Å². The summed E-state index contributed by atoms with van der Waals surface area (Å²) in [6, 6.07) is 0. The third-order valence-electron chi connectivity index (χ3n) is 2.09. The highest BCUT2D eigenvalue weighted by Crippen LogP contribution is 2.24. The smallest absolute Gasteiger partial charge is 0.221 e. The molecule has 0 unspecified atom stereocenters. The van der Waals surface area contributed by atoms with Gasteiger partial charge >= 0.3 is 0 Å². The lowest BCUT2D eigenvalue weighted by Gasteiger charge is -2.26. The zero-order valence-electron chi connectivity index (χ0n) is 9.34. The molecule has 1 rings (SSSR count). The van der Waals surface area contributed by atoms with Crippen molar-refractivity contribution in [3.05, 3.63) is 10.7 Å². The standard InChI is InChI=1S/C10H17BrN4/c1-4-5-10(2,3)15-8-7(11)6-13-9(12)14-8/h6H,4-5H2,1-3H3,(H3,12,13,14,15). The summed E-state index contributed by atoms with van der Waals surface area (Å²) in [6.07, 6.45) is 3.86. The van der Waals surface area contributed by atoms with Crippen LogP contribution in [0.4, 0.5) is 11.8 Å². The summed E-state index contributed by atoms with van der Waals surface area (Å²) < 4.78 is 0.834.